The Hall–Kier alpha value is -0.200. The average molecular weight is 177 g/mol. The SMILES string of the molecule is [11CH3]OC1C[C@@H](O)[C@H](O)[C@@H](CO)O1. The lowest BCUT2D eigenvalue weighted by Gasteiger charge is -2.35. The van der Waals surface area contributed by atoms with E-state index in [2.05, 4.69) is 0 Å². The van der Waals surface area contributed by atoms with Crippen molar-refractivity contribution in [2.75, 3.05) is 13.7 Å². The molecule has 0 aromatic rings. The van der Waals surface area contributed by atoms with E-state index in [0.717, 1.165) is 0 Å². The normalized spacial score (nSPS) is 43.0. The Labute approximate surface area is 70.5 Å². The smallest absolute Gasteiger partial charge is 0.160 e. The van der Waals surface area contributed by atoms with E-state index in [-0.39, 0.29) is 13.0 Å². The van der Waals surface area contributed by atoms with Crippen molar-refractivity contribution in [2.45, 2.75) is 31.0 Å². The summed E-state index contributed by atoms with van der Waals surface area (Å²) in [6, 6.07) is 0. The molecule has 1 aliphatic heterocycles. The molecule has 1 rings (SSSR count). The molecule has 5 nitrogen and oxygen atoms in total. The van der Waals surface area contributed by atoms with Crippen LogP contribution in [0.15, 0.2) is 0 Å². The highest BCUT2D eigenvalue weighted by atomic mass is 16.7. The van der Waals surface area contributed by atoms with Gasteiger partial charge in [0.1, 0.15) is 12.2 Å². The van der Waals surface area contributed by atoms with Crippen molar-refractivity contribution in [1.82, 2.24) is 0 Å². The molecule has 0 spiro atoms. The summed E-state index contributed by atoms with van der Waals surface area (Å²) in [5.74, 6) is 0. The molecule has 3 N–H and O–H groups in total. The van der Waals surface area contributed by atoms with Crippen molar-refractivity contribution in [2.24, 2.45) is 0 Å². The molecule has 0 saturated carbocycles. The molecular weight excluding hydrogens is 163 g/mol. The van der Waals surface area contributed by atoms with Crippen LogP contribution in [-0.4, -0.2) is 53.6 Å². The van der Waals surface area contributed by atoms with E-state index in [9.17, 15) is 10.2 Å². The molecule has 0 aromatic carbocycles. The first-order chi connectivity index (χ1) is 5.69. The van der Waals surface area contributed by atoms with Gasteiger partial charge in [0.2, 0.25) is 0 Å². The molecule has 1 unspecified atom stereocenters. The van der Waals surface area contributed by atoms with Crippen molar-refractivity contribution >= 4 is 0 Å². The Morgan fingerprint density at radius 3 is 2.67 bits per heavy atom. The molecule has 5 heteroatoms. The number of aliphatic hydroxyl groups excluding tert-OH is 3. The second-order valence-corrected chi connectivity index (χ2v) is 2.82. The van der Waals surface area contributed by atoms with Gasteiger partial charge in [0.05, 0.1) is 12.7 Å². The summed E-state index contributed by atoms with van der Waals surface area (Å²) in [7, 11) is 1.45. The molecule has 0 radical (unpaired) electrons. The Balaban J connectivity index is 2.52. The fraction of sp³-hybridized carbons (Fsp3) is 1.00. The number of hydrogen-bond donors (Lipinski definition) is 3. The first-order valence-electron chi connectivity index (χ1n) is 3.84. The van der Waals surface area contributed by atoms with Gasteiger partial charge in [0.25, 0.3) is 0 Å². The van der Waals surface area contributed by atoms with E-state index in [1.807, 2.05) is 0 Å². The van der Waals surface area contributed by atoms with E-state index in [0.29, 0.717) is 0 Å². The number of ether oxygens (including phenoxy) is 2. The van der Waals surface area contributed by atoms with Crippen molar-refractivity contribution < 1.29 is 24.8 Å². The first kappa shape index (κ1) is 9.88. The molecule has 0 amide bonds. The van der Waals surface area contributed by atoms with Crippen LogP contribution in [0.4, 0.5) is 0 Å². The summed E-state index contributed by atoms with van der Waals surface area (Å²) in [4.78, 5) is 0. The quantitative estimate of drug-likeness (QED) is 0.476. The monoisotopic (exact) mass is 177 g/mol. The summed E-state index contributed by atoms with van der Waals surface area (Å²) < 4.78 is 9.92. The molecular formula is C7H14O5. The third-order valence-corrected chi connectivity index (χ3v) is 1.98. The highest BCUT2D eigenvalue weighted by molar-refractivity contribution is 4.81. The van der Waals surface area contributed by atoms with Crippen LogP contribution in [-0.2, 0) is 9.47 Å². The lowest BCUT2D eigenvalue weighted by molar-refractivity contribution is -0.248. The van der Waals surface area contributed by atoms with Crippen LogP contribution in [0, 0.1) is 0 Å². The second kappa shape index (κ2) is 4.15. The number of hydrogen-bond acceptors (Lipinski definition) is 5. The van der Waals surface area contributed by atoms with Crippen molar-refractivity contribution in [3.05, 3.63) is 0 Å². The molecule has 1 fully saturated rings. The molecule has 72 valence electrons. The van der Waals surface area contributed by atoms with Crippen molar-refractivity contribution in [3.63, 3.8) is 0 Å². The Kier molecular flexibility index (Phi) is 3.42. The van der Waals surface area contributed by atoms with E-state index >= 15 is 0 Å². The highest BCUT2D eigenvalue weighted by Crippen LogP contribution is 2.20. The van der Waals surface area contributed by atoms with E-state index in [1.54, 1.807) is 0 Å². The summed E-state index contributed by atoms with van der Waals surface area (Å²) >= 11 is 0. The predicted molar refractivity (Wildman–Crippen MR) is 39.4 cm³/mol. The minimum atomic E-state index is -1.03. The standard InChI is InChI=1S/C7H14O5/c1-11-6-2-4(9)7(10)5(3-8)12-6/h4-10H,2-3H2,1H3/t4-,5-,6?,7+/m1/s1/i1-1. The molecule has 4 atom stereocenters. The van der Waals surface area contributed by atoms with Gasteiger partial charge in [0, 0.05) is 13.5 Å². The maximum Gasteiger partial charge on any atom is 0.160 e. The number of methoxy groups -OCH3 is 1. The third-order valence-electron chi connectivity index (χ3n) is 1.98. The van der Waals surface area contributed by atoms with Gasteiger partial charge >= 0.3 is 0 Å². The molecule has 0 aliphatic carbocycles. The van der Waals surface area contributed by atoms with Crippen LogP contribution < -0.4 is 0 Å². The number of aliphatic hydroxyl groups is 3. The van der Waals surface area contributed by atoms with Gasteiger partial charge in [-0.3, -0.25) is 0 Å². The van der Waals surface area contributed by atoms with E-state index in [1.165, 1.54) is 7.11 Å². The second-order valence-electron chi connectivity index (χ2n) is 2.82. The molecule has 0 bridgehead atoms. The zero-order valence-corrected chi connectivity index (χ0v) is 6.88. The number of rotatable bonds is 2. The van der Waals surface area contributed by atoms with Gasteiger partial charge in [-0.1, -0.05) is 0 Å². The molecule has 12 heavy (non-hydrogen) atoms. The summed E-state index contributed by atoms with van der Waals surface area (Å²) in [6.07, 6.45) is -2.98. The van der Waals surface area contributed by atoms with Crippen LogP contribution in [0.2, 0.25) is 0 Å². The molecule has 1 heterocycles. The average Bonchev–Trinajstić information content (AvgIpc) is 2.09. The fourth-order valence-corrected chi connectivity index (χ4v) is 1.22. The lowest BCUT2D eigenvalue weighted by Crippen LogP contribution is -2.50. The van der Waals surface area contributed by atoms with Crippen LogP contribution >= 0.6 is 0 Å². The molecule has 1 saturated heterocycles. The fourth-order valence-electron chi connectivity index (χ4n) is 1.22. The van der Waals surface area contributed by atoms with E-state index < -0.39 is 24.6 Å². The Morgan fingerprint density at radius 2 is 2.17 bits per heavy atom. The van der Waals surface area contributed by atoms with Crippen LogP contribution in [0.5, 0.6) is 0 Å². The van der Waals surface area contributed by atoms with Gasteiger partial charge in [-0.25, -0.2) is 0 Å². The zero-order chi connectivity index (χ0) is 9.14. The van der Waals surface area contributed by atoms with Gasteiger partial charge in [0.15, 0.2) is 6.29 Å². The highest BCUT2D eigenvalue weighted by Gasteiger charge is 2.36. The Morgan fingerprint density at radius 1 is 1.50 bits per heavy atom. The zero-order valence-electron chi connectivity index (χ0n) is 6.88. The van der Waals surface area contributed by atoms with Gasteiger partial charge in [-0.15, -0.1) is 0 Å². The third kappa shape index (κ3) is 1.94. The summed E-state index contributed by atoms with van der Waals surface area (Å²) in [5, 5.41) is 27.3. The summed E-state index contributed by atoms with van der Waals surface area (Å²) in [5.41, 5.74) is 0. The maximum absolute atomic E-state index is 9.26. The summed E-state index contributed by atoms with van der Waals surface area (Å²) in [6.45, 7) is -0.321. The minimum Gasteiger partial charge on any atom is -0.394 e. The van der Waals surface area contributed by atoms with Gasteiger partial charge < -0.3 is 24.8 Å². The van der Waals surface area contributed by atoms with E-state index in [4.69, 9.17) is 14.6 Å². The molecule has 1 aliphatic rings. The predicted octanol–water partition coefficient (Wildman–Crippen LogP) is -1.54. The topological polar surface area (TPSA) is 79.2 Å². The lowest BCUT2D eigenvalue weighted by atomic mass is 10.0. The van der Waals surface area contributed by atoms with Crippen LogP contribution in [0.25, 0.3) is 0 Å². The largest absolute Gasteiger partial charge is 0.394 e. The van der Waals surface area contributed by atoms with Crippen LogP contribution in [0.1, 0.15) is 6.42 Å². The van der Waals surface area contributed by atoms with Crippen LogP contribution in [0.3, 0.4) is 0 Å². The van der Waals surface area contributed by atoms with Gasteiger partial charge in [-0.05, 0) is 0 Å². The van der Waals surface area contributed by atoms with Gasteiger partial charge in [-0.2, -0.15) is 0 Å². The first-order valence-corrected chi connectivity index (χ1v) is 3.84. The Bertz CT molecular complexity index is 140. The van der Waals surface area contributed by atoms with Crippen molar-refractivity contribution in [3.8, 4) is 0 Å². The van der Waals surface area contributed by atoms with Crippen molar-refractivity contribution in [1.29, 1.82) is 0 Å². The maximum atomic E-state index is 9.26. The minimum absolute atomic E-state index is 0.230. The molecule has 0 aromatic heterocycles.